The topological polar surface area (TPSA) is 77.5 Å². The molecule has 5 nitrogen and oxygen atoms in total. The third kappa shape index (κ3) is 3.33. The third-order valence-corrected chi connectivity index (χ3v) is 7.50. The van der Waals surface area contributed by atoms with Gasteiger partial charge in [0.1, 0.15) is 9.96 Å². The summed E-state index contributed by atoms with van der Waals surface area (Å²) in [5, 5.41) is 0. The van der Waals surface area contributed by atoms with Crippen molar-refractivity contribution in [3.8, 4) is 5.75 Å². The van der Waals surface area contributed by atoms with E-state index in [4.69, 9.17) is 4.74 Å². The summed E-state index contributed by atoms with van der Waals surface area (Å²) in [6.45, 7) is 3.90. The summed E-state index contributed by atoms with van der Waals surface area (Å²) in [5.74, 6) is 0.152. The van der Waals surface area contributed by atoms with Crippen molar-refractivity contribution in [1.29, 1.82) is 0 Å². The van der Waals surface area contributed by atoms with Gasteiger partial charge in [-0.05, 0) is 41.7 Å². The van der Waals surface area contributed by atoms with Gasteiger partial charge in [0.15, 0.2) is 15.6 Å². The molecule has 0 spiro atoms. The molecule has 1 aromatic heterocycles. The normalized spacial score (nSPS) is 16.2. The number of hydrogen-bond acceptors (Lipinski definition) is 6. The Bertz CT molecular complexity index is 995. The predicted molar refractivity (Wildman–Crippen MR) is 100 cm³/mol. The van der Waals surface area contributed by atoms with Crippen LogP contribution in [0.1, 0.15) is 51.4 Å². The molecule has 1 aliphatic rings. The number of thiophene rings is 1. The van der Waals surface area contributed by atoms with E-state index in [1.165, 1.54) is 0 Å². The van der Waals surface area contributed by atoms with Gasteiger partial charge < -0.3 is 4.74 Å². The van der Waals surface area contributed by atoms with Crippen LogP contribution in [-0.2, 0) is 16.3 Å². The van der Waals surface area contributed by atoms with E-state index in [9.17, 15) is 18.0 Å². The fourth-order valence-electron chi connectivity index (χ4n) is 3.27. The lowest BCUT2D eigenvalue weighted by Gasteiger charge is -2.29. The standard InChI is InChI=1S/C19H20O5S2/c1-19(2)9-13-15(14(20)10-19)18(26(4,22)23)25-17(13)16(21)11-5-7-12(24-3)8-6-11/h5-8H,9-10H2,1-4H3. The lowest BCUT2D eigenvalue weighted by Crippen LogP contribution is -2.28. The third-order valence-electron chi connectivity index (χ3n) is 4.44. The van der Waals surface area contributed by atoms with E-state index >= 15 is 0 Å². The second-order valence-electron chi connectivity index (χ2n) is 7.34. The van der Waals surface area contributed by atoms with Crippen molar-refractivity contribution in [1.82, 2.24) is 0 Å². The number of sulfone groups is 1. The number of rotatable bonds is 4. The summed E-state index contributed by atoms with van der Waals surface area (Å²) < 4.78 is 29.5. The van der Waals surface area contributed by atoms with Crippen molar-refractivity contribution in [2.75, 3.05) is 13.4 Å². The van der Waals surface area contributed by atoms with Crippen LogP contribution in [-0.4, -0.2) is 33.3 Å². The second-order valence-corrected chi connectivity index (χ2v) is 10.6. The molecule has 7 heteroatoms. The Morgan fingerprint density at radius 2 is 1.77 bits per heavy atom. The highest BCUT2D eigenvalue weighted by atomic mass is 32.2. The van der Waals surface area contributed by atoms with Crippen molar-refractivity contribution in [2.24, 2.45) is 5.41 Å². The molecular formula is C19H20O5S2. The molecule has 1 aliphatic carbocycles. The van der Waals surface area contributed by atoms with Gasteiger partial charge in [-0.1, -0.05) is 13.8 Å². The van der Waals surface area contributed by atoms with E-state index in [0.717, 1.165) is 17.6 Å². The minimum atomic E-state index is -3.59. The minimum absolute atomic E-state index is 0.00450. The van der Waals surface area contributed by atoms with E-state index in [1.54, 1.807) is 31.4 Å². The van der Waals surface area contributed by atoms with E-state index in [2.05, 4.69) is 0 Å². The molecule has 2 aromatic rings. The van der Waals surface area contributed by atoms with Crippen LogP contribution in [0.2, 0.25) is 0 Å². The molecule has 138 valence electrons. The Hall–Kier alpha value is -1.99. The van der Waals surface area contributed by atoms with Crippen LogP contribution in [0.3, 0.4) is 0 Å². The first kappa shape index (κ1) is 18.8. The second kappa shape index (κ2) is 6.32. The van der Waals surface area contributed by atoms with Gasteiger partial charge >= 0.3 is 0 Å². The SMILES string of the molecule is COc1ccc(C(=O)c2sc(S(C)(=O)=O)c3c2CC(C)(C)CC3=O)cc1. The average molecular weight is 392 g/mol. The lowest BCUT2D eigenvalue weighted by atomic mass is 9.74. The number of ether oxygens (including phenoxy) is 1. The summed E-state index contributed by atoms with van der Waals surface area (Å²) in [6.07, 6.45) is 1.85. The zero-order chi connectivity index (χ0) is 19.3. The number of carbonyl (C=O) groups excluding carboxylic acids is 2. The first-order valence-electron chi connectivity index (χ1n) is 8.11. The fraction of sp³-hybridized carbons (Fsp3) is 0.368. The number of Topliss-reactive ketones (excluding diaryl/α,β-unsaturated/α-hetero) is 1. The van der Waals surface area contributed by atoms with E-state index in [1.807, 2.05) is 13.8 Å². The molecule has 0 aliphatic heterocycles. The Kier molecular flexibility index (Phi) is 4.56. The molecule has 3 rings (SSSR count). The van der Waals surface area contributed by atoms with Crippen LogP contribution in [0.15, 0.2) is 28.5 Å². The van der Waals surface area contributed by atoms with Crippen molar-refractivity contribution in [3.63, 3.8) is 0 Å². The summed E-state index contributed by atoms with van der Waals surface area (Å²) >= 11 is 0.910. The first-order valence-corrected chi connectivity index (χ1v) is 10.8. The minimum Gasteiger partial charge on any atom is -0.497 e. The average Bonchev–Trinajstić information content (AvgIpc) is 2.92. The molecule has 0 amide bonds. The number of carbonyl (C=O) groups is 2. The van der Waals surface area contributed by atoms with Crippen LogP contribution in [0.4, 0.5) is 0 Å². The monoisotopic (exact) mass is 392 g/mol. The van der Waals surface area contributed by atoms with Crippen molar-refractivity contribution in [2.45, 2.75) is 30.9 Å². The summed E-state index contributed by atoms with van der Waals surface area (Å²) in [4.78, 5) is 26.0. The molecule has 0 bridgehead atoms. The Morgan fingerprint density at radius 1 is 1.15 bits per heavy atom. The first-order chi connectivity index (χ1) is 12.0. The van der Waals surface area contributed by atoms with E-state index < -0.39 is 9.84 Å². The van der Waals surface area contributed by atoms with Crippen LogP contribution >= 0.6 is 11.3 Å². The molecule has 0 saturated carbocycles. The number of fused-ring (bicyclic) bond motifs is 1. The molecule has 0 atom stereocenters. The Balaban J connectivity index is 2.18. The lowest BCUT2D eigenvalue weighted by molar-refractivity contribution is 0.0909. The van der Waals surface area contributed by atoms with Crippen molar-refractivity contribution in [3.05, 3.63) is 45.8 Å². The van der Waals surface area contributed by atoms with Gasteiger partial charge in [0.05, 0.1) is 17.6 Å². The van der Waals surface area contributed by atoms with E-state index in [0.29, 0.717) is 28.2 Å². The predicted octanol–water partition coefficient (Wildman–Crippen LogP) is 3.55. The number of benzene rings is 1. The Morgan fingerprint density at radius 3 is 2.31 bits per heavy atom. The summed E-state index contributed by atoms with van der Waals surface area (Å²) in [6, 6.07) is 6.64. The van der Waals surface area contributed by atoms with E-state index in [-0.39, 0.29) is 33.2 Å². The zero-order valence-electron chi connectivity index (χ0n) is 15.1. The van der Waals surface area contributed by atoms with Crippen molar-refractivity contribution < 1.29 is 22.7 Å². The van der Waals surface area contributed by atoms with Gasteiger partial charge in [0.25, 0.3) is 0 Å². The number of ketones is 2. The molecule has 0 unspecified atom stereocenters. The Labute approximate surface area is 156 Å². The molecule has 0 N–H and O–H groups in total. The maximum atomic E-state index is 13.0. The van der Waals surface area contributed by atoms with Gasteiger partial charge in [0.2, 0.25) is 5.78 Å². The molecular weight excluding hydrogens is 372 g/mol. The van der Waals surface area contributed by atoms with Crippen LogP contribution in [0.25, 0.3) is 0 Å². The van der Waals surface area contributed by atoms with Gasteiger partial charge in [-0.2, -0.15) is 0 Å². The quantitative estimate of drug-likeness (QED) is 0.744. The maximum Gasteiger partial charge on any atom is 0.203 e. The van der Waals surface area contributed by atoms with Crippen molar-refractivity contribution >= 4 is 32.7 Å². The molecule has 0 saturated heterocycles. The fourth-order valence-corrected chi connectivity index (χ4v) is 5.77. The van der Waals surface area contributed by atoms with Gasteiger partial charge in [-0.3, -0.25) is 9.59 Å². The van der Waals surface area contributed by atoms with Gasteiger partial charge in [0, 0.05) is 18.2 Å². The summed E-state index contributed by atoms with van der Waals surface area (Å²) in [5.41, 5.74) is 0.909. The highest BCUT2D eigenvalue weighted by Crippen LogP contribution is 2.43. The highest BCUT2D eigenvalue weighted by molar-refractivity contribution is 7.92. The summed E-state index contributed by atoms with van der Waals surface area (Å²) in [7, 11) is -2.05. The number of methoxy groups -OCH3 is 1. The van der Waals surface area contributed by atoms with Crippen LogP contribution < -0.4 is 4.74 Å². The van der Waals surface area contributed by atoms with Gasteiger partial charge in [-0.25, -0.2) is 8.42 Å². The number of hydrogen-bond donors (Lipinski definition) is 0. The molecule has 26 heavy (non-hydrogen) atoms. The highest BCUT2D eigenvalue weighted by Gasteiger charge is 2.39. The largest absolute Gasteiger partial charge is 0.497 e. The van der Waals surface area contributed by atoms with Gasteiger partial charge in [-0.15, -0.1) is 11.3 Å². The molecule has 1 aromatic carbocycles. The van der Waals surface area contributed by atoms with Crippen LogP contribution in [0.5, 0.6) is 5.75 Å². The molecule has 0 fully saturated rings. The zero-order valence-corrected chi connectivity index (χ0v) is 16.7. The maximum absolute atomic E-state index is 13.0. The molecule has 0 radical (unpaired) electrons. The smallest absolute Gasteiger partial charge is 0.203 e. The molecule has 1 heterocycles. The van der Waals surface area contributed by atoms with Crippen LogP contribution in [0, 0.1) is 5.41 Å².